The summed E-state index contributed by atoms with van der Waals surface area (Å²) >= 11 is 0. The molecular formula is C23H39N5. The van der Waals surface area contributed by atoms with E-state index in [1.165, 1.54) is 57.3 Å². The molecule has 2 saturated heterocycles. The molecule has 1 aromatic carbocycles. The Morgan fingerprint density at radius 2 is 1.86 bits per heavy atom. The Morgan fingerprint density at radius 1 is 1.07 bits per heavy atom. The van der Waals surface area contributed by atoms with Crippen molar-refractivity contribution in [3.05, 3.63) is 35.9 Å². The molecule has 5 heteroatoms. The van der Waals surface area contributed by atoms with Crippen molar-refractivity contribution in [2.45, 2.75) is 51.6 Å². The highest BCUT2D eigenvalue weighted by molar-refractivity contribution is 5.79. The second kappa shape index (κ2) is 11.4. The number of nitrogens with one attached hydrogen (secondary N) is 2. The summed E-state index contributed by atoms with van der Waals surface area (Å²) in [4.78, 5) is 9.61. The Bertz CT molecular complexity index is 580. The molecule has 0 aromatic heterocycles. The first-order chi connectivity index (χ1) is 13.7. The van der Waals surface area contributed by atoms with E-state index in [4.69, 9.17) is 0 Å². The normalized spacial score (nSPS) is 22.9. The van der Waals surface area contributed by atoms with Crippen LogP contribution in [0.2, 0.25) is 0 Å². The van der Waals surface area contributed by atoms with Crippen LogP contribution in [-0.4, -0.2) is 68.1 Å². The van der Waals surface area contributed by atoms with Gasteiger partial charge in [-0.3, -0.25) is 9.89 Å². The molecule has 2 fully saturated rings. The van der Waals surface area contributed by atoms with Gasteiger partial charge in [0.15, 0.2) is 5.96 Å². The van der Waals surface area contributed by atoms with Crippen LogP contribution < -0.4 is 10.6 Å². The van der Waals surface area contributed by atoms with Crippen molar-refractivity contribution in [1.82, 2.24) is 20.4 Å². The van der Waals surface area contributed by atoms with Gasteiger partial charge in [-0.15, -0.1) is 0 Å². The Labute approximate surface area is 171 Å². The summed E-state index contributed by atoms with van der Waals surface area (Å²) in [6.07, 6.45) is 6.30. The maximum atomic E-state index is 4.43. The molecule has 0 radical (unpaired) electrons. The lowest BCUT2D eigenvalue weighted by molar-refractivity contribution is 0.182. The molecule has 0 amide bonds. The molecule has 0 saturated carbocycles. The maximum absolute atomic E-state index is 4.43. The van der Waals surface area contributed by atoms with Gasteiger partial charge in [0.2, 0.25) is 0 Å². The third-order valence-electron chi connectivity index (χ3n) is 6.09. The highest BCUT2D eigenvalue weighted by Crippen LogP contribution is 2.15. The van der Waals surface area contributed by atoms with Crippen LogP contribution in [0.5, 0.6) is 0 Å². The summed E-state index contributed by atoms with van der Waals surface area (Å²) in [6.45, 7) is 10.5. The highest BCUT2D eigenvalue weighted by Gasteiger charge is 2.20. The number of benzene rings is 1. The molecule has 28 heavy (non-hydrogen) atoms. The van der Waals surface area contributed by atoms with E-state index in [0.29, 0.717) is 6.04 Å². The zero-order chi connectivity index (χ0) is 19.6. The summed E-state index contributed by atoms with van der Waals surface area (Å²) in [7, 11) is 1.88. The predicted octanol–water partition coefficient (Wildman–Crippen LogP) is 2.94. The Hall–Kier alpha value is -1.59. The molecule has 1 aromatic rings. The number of likely N-dealkylation sites (tertiary alicyclic amines) is 2. The molecule has 2 aliphatic heterocycles. The summed E-state index contributed by atoms with van der Waals surface area (Å²) < 4.78 is 0. The molecule has 2 N–H and O–H groups in total. The lowest BCUT2D eigenvalue weighted by Gasteiger charge is -2.33. The molecule has 2 heterocycles. The Kier molecular flexibility index (Phi) is 8.62. The van der Waals surface area contributed by atoms with Gasteiger partial charge in [0.25, 0.3) is 0 Å². The second-order valence-electron chi connectivity index (χ2n) is 8.58. The van der Waals surface area contributed by atoms with Crippen molar-refractivity contribution in [2.75, 3.05) is 46.3 Å². The van der Waals surface area contributed by atoms with Crippen molar-refractivity contribution in [3.63, 3.8) is 0 Å². The molecule has 0 spiro atoms. The molecule has 1 atom stereocenters. The fourth-order valence-electron chi connectivity index (χ4n) is 4.46. The second-order valence-corrected chi connectivity index (χ2v) is 8.58. The van der Waals surface area contributed by atoms with Crippen molar-refractivity contribution in [3.8, 4) is 0 Å². The monoisotopic (exact) mass is 385 g/mol. The van der Waals surface area contributed by atoms with Gasteiger partial charge in [-0.05, 0) is 56.7 Å². The first-order valence-electron chi connectivity index (χ1n) is 11.2. The highest BCUT2D eigenvalue weighted by atomic mass is 15.2. The average molecular weight is 386 g/mol. The van der Waals surface area contributed by atoms with E-state index in [1.807, 2.05) is 7.05 Å². The third-order valence-corrected chi connectivity index (χ3v) is 6.09. The van der Waals surface area contributed by atoms with Gasteiger partial charge in [-0.1, -0.05) is 37.3 Å². The van der Waals surface area contributed by atoms with Gasteiger partial charge < -0.3 is 15.5 Å². The minimum absolute atomic E-state index is 0.529. The number of nitrogens with zero attached hydrogens (tertiary/aromatic N) is 3. The van der Waals surface area contributed by atoms with Gasteiger partial charge >= 0.3 is 0 Å². The topological polar surface area (TPSA) is 42.9 Å². The molecular weight excluding hydrogens is 346 g/mol. The van der Waals surface area contributed by atoms with Gasteiger partial charge in [0, 0.05) is 45.8 Å². The van der Waals surface area contributed by atoms with Crippen LogP contribution in [0, 0.1) is 5.92 Å². The third kappa shape index (κ3) is 7.10. The average Bonchev–Trinajstić information content (AvgIpc) is 2.72. The van der Waals surface area contributed by atoms with E-state index in [0.717, 1.165) is 38.1 Å². The molecule has 1 unspecified atom stereocenters. The largest absolute Gasteiger partial charge is 0.356 e. The van der Waals surface area contributed by atoms with E-state index in [9.17, 15) is 0 Å². The Balaban J connectivity index is 1.30. The van der Waals surface area contributed by atoms with Crippen LogP contribution in [0.4, 0.5) is 0 Å². The fraction of sp³-hybridized carbons (Fsp3) is 0.696. The van der Waals surface area contributed by atoms with E-state index >= 15 is 0 Å². The zero-order valence-electron chi connectivity index (χ0n) is 17.9. The van der Waals surface area contributed by atoms with Crippen LogP contribution >= 0.6 is 0 Å². The smallest absolute Gasteiger partial charge is 0.191 e. The van der Waals surface area contributed by atoms with Crippen LogP contribution in [0.1, 0.15) is 44.6 Å². The van der Waals surface area contributed by atoms with Crippen LogP contribution in [-0.2, 0) is 6.54 Å². The molecule has 0 bridgehead atoms. The van der Waals surface area contributed by atoms with E-state index < -0.39 is 0 Å². The number of hydrogen-bond donors (Lipinski definition) is 2. The van der Waals surface area contributed by atoms with Gasteiger partial charge in [-0.2, -0.15) is 0 Å². The Morgan fingerprint density at radius 3 is 2.57 bits per heavy atom. The number of rotatable bonds is 7. The van der Waals surface area contributed by atoms with Gasteiger partial charge in [0.05, 0.1) is 0 Å². The zero-order valence-corrected chi connectivity index (χ0v) is 17.9. The van der Waals surface area contributed by atoms with Crippen molar-refractivity contribution < 1.29 is 0 Å². The first kappa shape index (κ1) is 21.1. The molecule has 5 nitrogen and oxygen atoms in total. The van der Waals surface area contributed by atoms with Gasteiger partial charge in [-0.25, -0.2) is 0 Å². The predicted molar refractivity (Wildman–Crippen MR) is 119 cm³/mol. The van der Waals surface area contributed by atoms with E-state index in [2.05, 4.69) is 62.7 Å². The van der Waals surface area contributed by atoms with Crippen LogP contribution in [0.3, 0.4) is 0 Å². The van der Waals surface area contributed by atoms with Crippen LogP contribution in [0.25, 0.3) is 0 Å². The number of aliphatic imine (C=N–C) groups is 1. The summed E-state index contributed by atoms with van der Waals surface area (Å²) in [5, 5.41) is 7.15. The summed E-state index contributed by atoms with van der Waals surface area (Å²) in [6, 6.07) is 11.3. The lowest BCUT2D eigenvalue weighted by atomic mass is 10.0. The standard InChI is InChI=1S/C23H39N5/c1-20-8-6-14-27(18-20)15-7-13-25-23(24-2)26-22-11-16-28(17-12-22)19-21-9-4-3-5-10-21/h3-5,9-10,20,22H,6-8,11-19H2,1-2H3,(H2,24,25,26). The van der Waals surface area contributed by atoms with E-state index in [1.54, 1.807) is 0 Å². The molecule has 3 rings (SSSR count). The minimum atomic E-state index is 0.529. The lowest BCUT2D eigenvalue weighted by Crippen LogP contribution is -2.48. The van der Waals surface area contributed by atoms with Crippen molar-refractivity contribution >= 4 is 5.96 Å². The van der Waals surface area contributed by atoms with Crippen LogP contribution in [0.15, 0.2) is 35.3 Å². The van der Waals surface area contributed by atoms with Crippen molar-refractivity contribution in [1.29, 1.82) is 0 Å². The summed E-state index contributed by atoms with van der Waals surface area (Å²) in [5.74, 6) is 1.83. The SMILES string of the molecule is CN=C(NCCCN1CCCC(C)C1)NC1CCN(Cc2ccccc2)CC1. The quantitative estimate of drug-likeness (QED) is 0.430. The molecule has 156 valence electrons. The maximum Gasteiger partial charge on any atom is 0.191 e. The van der Waals surface area contributed by atoms with Gasteiger partial charge in [0.1, 0.15) is 0 Å². The fourth-order valence-corrected chi connectivity index (χ4v) is 4.46. The number of hydrogen-bond acceptors (Lipinski definition) is 3. The number of piperidine rings is 2. The number of guanidine groups is 1. The van der Waals surface area contributed by atoms with Crippen molar-refractivity contribution in [2.24, 2.45) is 10.9 Å². The minimum Gasteiger partial charge on any atom is -0.356 e. The molecule has 0 aliphatic carbocycles. The molecule has 2 aliphatic rings. The first-order valence-corrected chi connectivity index (χ1v) is 11.2. The summed E-state index contributed by atoms with van der Waals surface area (Å²) in [5.41, 5.74) is 1.41. The van der Waals surface area contributed by atoms with E-state index in [-0.39, 0.29) is 0 Å².